The SMILES string of the molecule is CC(=O)N/C(C)=C(\CCC#N)OC(C)=O. The Balaban J connectivity index is 4.64. The molecular weight excluding hydrogens is 196 g/mol. The largest absolute Gasteiger partial charge is 0.429 e. The highest BCUT2D eigenvalue weighted by atomic mass is 16.5. The zero-order valence-corrected chi connectivity index (χ0v) is 9.09. The quantitative estimate of drug-likeness (QED) is 0.559. The molecule has 0 aromatic rings. The van der Waals surface area contributed by atoms with Crippen LogP contribution in [0.15, 0.2) is 11.5 Å². The van der Waals surface area contributed by atoms with Crippen molar-refractivity contribution >= 4 is 11.9 Å². The molecule has 1 N–H and O–H groups in total. The summed E-state index contributed by atoms with van der Waals surface area (Å²) in [6.45, 7) is 4.25. The molecule has 0 aliphatic rings. The second kappa shape index (κ2) is 6.60. The van der Waals surface area contributed by atoms with E-state index >= 15 is 0 Å². The van der Waals surface area contributed by atoms with Gasteiger partial charge in [0.2, 0.25) is 5.91 Å². The number of hydrogen-bond acceptors (Lipinski definition) is 4. The molecule has 1 amide bonds. The summed E-state index contributed by atoms with van der Waals surface area (Å²) in [5, 5.41) is 10.9. The van der Waals surface area contributed by atoms with E-state index in [1.807, 2.05) is 6.07 Å². The molecule has 0 heterocycles. The average molecular weight is 210 g/mol. The summed E-state index contributed by atoms with van der Waals surface area (Å²) in [5.41, 5.74) is 0.466. The summed E-state index contributed by atoms with van der Waals surface area (Å²) in [7, 11) is 0. The van der Waals surface area contributed by atoms with Crippen molar-refractivity contribution in [2.75, 3.05) is 0 Å². The lowest BCUT2D eigenvalue weighted by Crippen LogP contribution is -2.20. The summed E-state index contributed by atoms with van der Waals surface area (Å²) in [4.78, 5) is 21.5. The third-order valence-electron chi connectivity index (χ3n) is 1.51. The van der Waals surface area contributed by atoms with Gasteiger partial charge in [-0.3, -0.25) is 9.59 Å². The number of esters is 1. The summed E-state index contributed by atoms with van der Waals surface area (Å²) < 4.78 is 4.89. The van der Waals surface area contributed by atoms with Gasteiger partial charge in [0.1, 0.15) is 5.76 Å². The molecular formula is C10H14N2O3. The molecule has 0 saturated heterocycles. The van der Waals surface area contributed by atoms with Crippen LogP contribution in [0, 0.1) is 11.3 Å². The van der Waals surface area contributed by atoms with Crippen LogP contribution in [0.3, 0.4) is 0 Å². The molecule has 5 nitrogen and oxygen atoms in total. The van der Waals surface area contributed by atoms with E-state index in [-0.39, 0.29) is 12.3 Å². The van der Waals surface area contributed by atoms with E-state index in [0.29, 0.717) is 17.9 Å². The third kappa shape index (κ3) is 6.27. The summed E-state index contributed by atoms with van der Waals surface area (Å²) in [5.74, 6) is -0.374. The first-order valence-corrected chi connectivity index (χ1v) is 4.50. The van der Waals surface area contributed by atoms with Gasteiger partial charge in [0.25, 0.3) is 0 Å². The van der Waals surface area contributed by atoms with Crippen LogP contribution in [0.4, 0.5) is 0 Å². The Labute approximate surface area is 88.7 Å². The number of carbonyl (C=O) groups excluding carboxylic acids is 2. The minimum atomic E-state index is -0.465. The summed E-state index contributed by atoms with van der Waals surface area (Å²) >= 11 is 0. The zero-order valence-electron chi connectivity index (χ0n) is 9.09. The highest BCUT2D eigenvalue weighted by Gasteiger charge is 2.08. The second-order valence-corrected chi connectivity index (χ2v) is 2.98. The van der Waals surface area contributed by atoms with Gasteiger partial charge < -0.3 is 10.1 Å². The highest BCUT2D eigenvalue weighted by Crippen LogP contribution is 2.11. The van der Waals surface area contributed by atoms with E-state index in [4.69, 9.17) is 10.00 Å². The van der Waals surface area contributed by atoms with Crippen molar-refractivity contribution in [3.05, 3.63) is 11.5 Å². The van der Waals surface area contributed by atoms with Gasteiger partial charge in [-0.1, -0.05) is 0 Å². The first-order chi connectivity index (χ1) is 6.97. The first-order valence-electron chi connectivity index (χ1n) is 4.50. The third-order valence-corrected chi connectivity index (χ3v) is 1.51. The molecule has 15 heavy (non-hydrogen) atoms. The number of nitriles is 1. The number of ether oxygens (including phenoxy) is 1. The Kier molecular flexibility index (Phi) is 5.79. The van der Waals surface area contributed by atoms with Gasteiger partial charge in [0.15, 0.2) is 0 Å². The zero-order chi connectivity index (χ0) is 11.8. The van der Waals surface area contributed by atoms with Gasteiger partial charge in [-0.25, -0.2) is 0 Å². The fourth-order valence-corrected chi connectivity index (χ4v) is 0.992. The van der Waals surface area contributed by atoms with Gasteiger partial charge in [0.05, 0.1) is 11.8 Å². The summed E-state index contributed by atoms with van der Waals surface area (Å²) in [6, 6.07) is 1.94. The van der Waals surface area contributed by atoms with Gasteiger partial charge in [-0.2, -0.15) is 5.26 Å². The van der Waals surface area contributed by atoms with Crippen LogP contribution in [-0.2, 0) is 14.3 Å². The van der Waals surface area contributed by atoms with E-state index in [1.165, 1.54) is 13.8 Å². The predicted octanol–water partition coefficient (Wildman–Crippen LogP) is 1.22. The Morgan fingerprint density at radius 3 is 2.33 bits per heavy atom. The lowest BCUT2D eigenvalue weighted by Gasteiger charge is -2.10. The van der Waals surface area contributed by atoms with Crippen molar-refractivity contribution in [3.8, 4) is 6.07 Å². The van der Waals surface area contributed by atoms with Crippen molar-refractivity contribution in [1.29, 1.82) is 5.26 Å². The van der Waals surface area contributed by atoms with Crippen LogP contribution < -0.4 is 5.32 Å². The predicted molar refractivity (Wildman–Crippen MR) is 53.1 cm³/mol. The van der Waals surface area contributed by atoms with E-state index in [9.17, 15) is 9.59 Å². The molecule has 0 rings (SSSR count). The van der Waals surface area contributed by atoms with E-state index in [0.717, 1.165) is 0 Å². The number of nitrogens with one attached hydrogen (secondary N) is 1. The normalized spacial score (nSPS) is 11.1. The Hall–Kier alpha value is -1.83. The highest BCUT2D eigenvalue weighted by molar-refractivity contribution is 5.75. The van der Waals surface area contributed by atoms with Gasteiger partial charge >= 0.3 is 5.97 Å². The molecule has 0 aromatic heterocycles. The number of rotatable bonds is 4. The molecule has 0 unspecified atom stereocenters. The van der Waals surface area contributed by atoms with E-state index in [2.05, 4.69) is 5.32 Å². The van der Waals surface area contributed by atoms with Crippen molar-refractivity contribution in [1.82, 2.24) is 5.32 Å². The molecule has 0 radical (unpaired) electrons. The molecule has 0 aliphatic heterocycles. The Morgan fingerprint density at radius 2 is 1.93 bits per heavy atom. The van der Waals surface area contributed by atoms with Crippen molar-refractivity contribution < 1.29 is 14.3 Å². The van der Waals surface area contributed by atoms with Crippen LogP contribution in [0.25, 0.3) is 0 Å². The number of amides is 1. The molecule has 0 atom stereocenters. The maximum absolute atomic E-state index is 10.8. The standard InChI is InChI=1S/C10H14N2O3/c1-7(12-8(2)13)10(5-4-6-11)15-9(3)14/h4-5H2,1-3H3,(H,12,13)/b10-7+. The summed E-state index contributed by atoms with van der Waals surface area (Å²) in [6.07, 6.45) is 0.543. The average Bonchev–Trinajstić information content (AvgIpc) is 2.10. The molecule has 0 aromatic carbocycles. The van der Waals surface area contributed by atoms with Crippen LogP contribution >= 0.6 is 0 Å². The molecule has 82 valence electrons. The van der Waals surface area contributed by atoms with E-state index in [1.54, 1.807) is 6.92 Å². The molecule has 0 spiro atoms. The fraction of sp³-hybridized carbons (Fsp3) is 0.500. The van der Waals surface area contributed by atoms with E-state index < -0.39 is 5.97 Å². The number of nitrogens with zero attached hydrogens (tertiary/aromatic N) is 1. The lowest BCUT2D eigenvalue weighted by molar-refractivity contribution is -0.137. The van der Waals surface area contributed by atoms with Crippen molar-refractivity contribution in [2.45, 2.75) is 33.6 Å². The molecule has 0 bridgehead atoms. The van der Waals surface area contributed by atoms with Crippen molar-refractivity contribution in [2.24, 2.45) is 0 Å². The fourth-order valence-electron chi connectivity index (χ4n) is 0.992. The minimum Gasteiger partial charge on any atom is -0.429 e. The smallest absolute Gasteiger partial charge is 0.307 e. The number of hydrogen-bond donors (Lipinski definition) is 1. The second-order valence-electron chi connectivity index (χ2n) is 2.98. The van der Waals surface area contributed by atoms with Crippen LogP contribution in [0.2, 0.25) is 0 Å². The maximum atomic E-state index is 10.8. The molecule has 0 saturated carbocycles. The topological polar surface area (TPSA) is 79.2 Å². The van der Waals surface area contributed by atoms with Crippen LogP contribution in [-0.4, -0.2) is 11.9 Å². The molecule has 5 heteroatoms. The van der Waals surface area contributed by atoms with Crippen LogP contribution in [0.1, 0.15) is 33.6 Å². The first kappa shape index (κ1) is 13.2. The Bertz CT molecular complexity index is 326. The van der Waals surface area contributed by atoms with Crippen molar-refractivity contribution in [3.63, 3.8) is 0 Å². The van der Waals surface area contributed by atoms with Gasteiger partial charge in [0, 0.05) is 26.7 Å². The van der Waals surface area contributed by atoms with Gasteiger partial charge in [-0.05, 0) is 6.92 Å². The molecule has 0 aliphatic carbocycles. The number of allylic oxidation sites excluding steroid dienone is 2. The van der Waals surface area contributed by atoms with Crippen LogP contribution in [0.5, 0.6) is 0 Å². The lowest BCUT2D eigenvalue weighted by atomic mass is 10.2. The number of carbonyl (C=O) groups is 2. The Morgan fingerprint density at radius 1 is 1.33 bits per heavy atom. The maximum Gasteiger partial charge on any atom is 0.307 e. The minimum absolute atomic E-state index is 0.236. The monoisotopic (exact) mass is 210 g/mol. The van der Waals surface area contributed by atoms with Gasteiger partial charge in [-0.15, -0.1) is 0 Å². The molecule has 0 fully saturated rings.